The lowest BCUT2D eigenvalue weighted by Gasteiger charge is -2.23. The van der Waals surface area contributed by atoms with Crippen molar-refractivity contribution in [1.29, 1.82) is 5.26 Å². The number of hydrogen-bond donors (Lipinski definition) is 2. The molecule has 2 aromatic rings. The van der Waals surface area contributed by atoms with Crippen molar-refractivity contribution in [2.24, 2.45) is 5.41 Å². The molecule has 2 aromatic carbocycles. The molecule has 2 amide bonds. The normalized spacial score (nSPS) is 10.7. The third kappa shape index (κ3) is 4.37. The van der Waals surface area contributed by atoms with Gasteiger partial charge in [0.1, 0.15) is 5.41 Å². The number of halogens is 1. The van der Waals surface area contributed by atoms with Gasteiger partial charge in [0.05, 0.1) is 11.6 Å². The summed E-state index contributed by atoms with van der Waals surface area (Å²) in [7, 11) is 0. The highest BCUT2D eigenvalue weighted by Crippen LogP contribution is 2.24. The summed E-state index contributed by atoms with van der Waals surface area (Å²) in [4.78, 5) is 25.0. The van der Waals surface area contributed by atoms with Crippen molar-refractivity contribution < 1.29 is 9.59 Å². The van der Waals surface area contributed by atoms with Crippen LogP contribution in [0.2, 0.25) is 5.02 Å². The van der Waals surface area contributed by atoms with Crippen molar-refractivity contribution in [2.45, 2.75) is 20.8 Å². The van der Waals surface area contributed by atoms with E-state index in [1.54, 1.807) is 42.5 Å². The van der Waals surface area contributed by atoms with Crippen LogP contribution in [-0.2, 0) is 9.59 Å². The lowest BCUT2D eigenvalue weighted by atomic mass is 9.90. The second kappa shape index (κ2) is 7.37. The van der Waals surface area contributed by atoms with E-state index in [2.05, 4.69) is 10.6 Å². The fraction of sp³-hybridized carbons (Fsp3) is 0.211. The van der Waals surface area contributed by atoms with E-state index in [-0.39, 0.29) is 0 Å². The summed E-state index contributed by atoms with van der Waals surface area (Å²) >= 11 is 6.05. The van der Waals surface area contributed by atoms with Gasteiger partial charge in [-0.05, 0) is 56.7 Å². The zero-order valence-corrected chi connectivity index (χ0v) is 14.9. The number of carbonyl (C=O) groups is 2. The molecule has 0 spiro atoms. The van der Waals surface area contributed by atoms with E-state index in [0.29, 0.717) is 22.0 Å². The first-order valence-electron chi connectivity index (χ1n) is 7.63. The standard InChI is InChI=1S/C19H18ClN3O2/c1-12-7-8-15(10-16(12)20)23-18(25)19(2,3)17(24)22-14-6-4-5-13(9-14)11-21/h4-10H,1-3H3,(H,22,24)(H,23,25). The van der Waals surface area contributed by atoms with Crippen molar-refractivity contribution in [3.8, 4) is 6.07 Å². The Morgan fingerprint density at radius 1 is 1.04 bits per heavy atom. The molecular weight excluding hydrogens is 338 g/mol. The molecule has 0 aliphatic carbocycles. The molecule has 0 atom stereocenters. The number of hydrogen-bond acceptors (Lipinski definition) is 3. The van der Waals surface area contributed by atoms with Crippen LogP contribution in [0.15, 0.2) is 42.5 Å². The topological polar surface area (TPSA) is 82.0 Å². The number of benzene rings is 2. The summed E-state index contributed by atoms with van der Waals surface area (Å²) in [5.74, 6) is -0.931. The average molecular weight is 356 g/mol. The van der Waals surface area contributed by atoms with Gasteiger partial charge in [-0.3, -0.25) is 9.59 Å². The molecule has 0 saturated heterocycles. The van der Waals surface area contributed by atoms with Gasteiger partial charge in [-0.15, -0.1) is 0 Å². The lowest BCUT2D eigenvalue weighted by Crippen LogP contribution is -2.41. The third-order valence-corrected chi connectivity index (χ3v) is 4.22. The van der Waals surface area contributed by atoms with Crippen LogP contribution in [-0.4, -0.2) is 11.8 Å². The van der Waals surface area contributed by atoms with Crippen LogP contribution < -0.4 is 10.6 Å². The molecule has 6 heteroatoms. The number of nitriles is 1. The van der Waals surface area contributed by atoms with Crippen LogP contribution in [0, 0.1) is 23.7 Å². The number of anilines is 2. The molecule has 0 bridgehead atoms. The van der Waals surface area contributed by atoms with Crippen LogP contribution in [0.5, 0.6) is 0 Å². The Hall–Kier alpha value is -2.84. The van der Waals surface area contributed by atoms with E-state index in [0.717, 1.165) is 5.56 Å². The predicted octanol–water partition coefficient (Wildman–Crippen LogP) is 4.12. The van der Waals surface area contributed by atoms with Crippen molar-refractivity contribution in [2.75, 3.05) is 10.6 Å². The molecule has 128 valence electrons. The predicted molar refractivity (Wildman–Crippen MR) is 98.4 cm³/mol. The maximum atomic E-state index is 12.5. The fourth-order valence-electron chi connectivity index (χ4n) is 2.01. The Labute approximate surface area is 151 Å². The summed E-state index contributed by atoms with van der Waals surface area (Å²) in [6, 6.07) is 13.7. The van der Waals surface area contributed by atoms with E-state index < -0.39 is 17.2 Å². The highest BCUT2D eigenvalue weighted by molar-refractivity contribution is 6.31. The highest BCUT2D eigenvalue weighted by Gasteiger charge is 2.36. The average Bonchev–Trinajstić information content (AvgIpc) is 2.58. The second-order valence-corrected chi connectivity index (χ2v) is 6.60. The van der Waals surface area contributed by atoms with Gasteiger partial charge in [-0.1, -0.05) is 23.7 Å². The SMILES string of the molecule is Cc1ccc(NC(=O)C(C)(C)C(=O)Nc2cccc(C#N)c2)cc1Cl. The van der Waals surface area contributed by atoms with Gasteiger partial charge >= 0.3 is 0 Å². The monoisotopic (exact) mass is 355 g/mol. The Morgan fingerprint density at radius 2 is 1.64 bits per heavy atom. The maximum Gasteiger partial charge on any atom is 0.239 e. The molecule has 2 N–H and O–H groups in total. The van der Waals surface area contributed by atoms with Crippen molar-refractivity contribution >= 4 is 34.8 Å². The smallest absolute Gasteiger partial charge is 0.239 e. The Bertz CT molecular complexity index is 869. The van der Waals surface area contributed by atoms with Gasteiger partial charge in [0.25, 0.3) is 0 Å². The van der Waals surface area contributed by atoms with Crippen molar-refractivity contribution in [1.82, 2.24) is 0 Å². The maximum absolute atomic E-state index is 12.5. The van der Waals surface area contributed by atoms with Crippen molar-refractivity contribution in [3.05, 3.63) is 58.6 Å². The van der Waals surface area contributed by atoms with Gasteiger partial charge in [0.2, 0.25) is 11.8 Å². The molecule has 0 unspecified atom stereocenters. The summed E-state index contributed by atoms with van der Waals surface area (Å²) in [6.07, 6.45) is 0. The zero-order valence-electron chi connectivity index (χ0n) is 14.2. The van der Waals surface area contributed by atoms with E-state index in [1.807, 2.05) is 13.0 Å². The van der Waals surface area contributed by atoms with Crippen LogP contribution in [0.4, 0.5) is 11.4 Å². The third-order valence-electron chi connectivity index (χ3n) is 3.81. The molecular formula is C19H18ClN3O2. The molecule has 0 fully saturated rings. The van der Waals surface area contributed by atoms with Crippen molar-refractivity contribution in [3.63, 3.8) is 0 Å². The molecule has 0 heterocycles. The van der Waals surface area contributed by atoms with Crippen LogP contribution in [0.25, 0.3) is 0 Å². The largest absolute Gasteiger partial charge is 0.325 e. The molecule has 0 aliphatic rings. The molecule has 0 saturated carbocycles. The number of amides is 2. The van der Waals surface area contributed by atoms with Gasteiger partial charge in [-0.25, -0.2) is 0 Å². The molecule has 5 nitrogen and oxygen atoms in total. The first-order valence-corrected chi connectivity index (χ1v) is 8.01. The van der Waals surface area contributed by atoms with E-state index in [9.17, 15) is 9.59 Å². The zero-order chi connectivity index (χ0) is 18.6. The van der Waals surface area contributed by atoms with Gasteiger partial charge in [0, 0.05) is 16.4 Å². The number of carbonyl (C=O) groups excluding carboxylic acids is 2. The summed E-state index contributed by atoms with van der Waals surface area (Å²) in [5, 5.41) is 14.8. The molecule has 0 aliphatic heterocycles. The van der Waals surface area contributed by atoms with E-state index in [4.69, 9.17) is 16.9 Å². The Balaban J connectivity index is 2.12. The minimum absolute atomic E-state index is 0.425. The fourth-order valence-corrected chi connectivity index (χ4v) is 2.20. The lowest BCUT2D eigenvalue weighted by molar-refractivity contribution is -0.135. The van der Waals surface area contributed by atoms with Crippen LogP contribution >= 0.6 is 11.6 Å². The first-order chi connectivity index (χ1) is 11.7. The Kier molecular flexibility index (Phi) is 5.45. The van der Waals surface area contributed by atoms with Gasteiger partial charge in [-0.2, -0.15) is 5.26 Å². The minimum Gasteiger partial charge on any atom is -0.325 e. The minimum atomic E-state index is -1.32. The summed E-state index contributed by atoms with van der Waals surface area (Å²) in [5.41, 5.74) is 0.986. The molecule has 0 aromatic heterocycles. The summed E-state index contributed by atoms with van der Waals surface area (Å²) in [6.45, 7) is 4.92. The van der Waals surface area contributed by atoms with Gasteiger partial charge < -0.3 is 10.6 Å². The number of aryl methyl sites for hydroxylation is 1. The summed E-state index contributed by atoms with van der Waals surface area (Å²) < 4.78 is 0. The highest BCUT2D eigenvalue weighted by atomic mass is 35.5. The van der Waals surface area contributed by atoms with Crippen LogP contribution in [0.3, 0.4) is 0 Å². The molecule has 2 rings (SSSR count). The number of nitrogens with zero attached hydrogens (tertiary/aromatic N) is 1. The van der Waals surface area contributed by atoms with E-state index in [1.165, 1.54) is 13.8 Å². The van der Waals surface area contributed by atoms with Gasteiger partial charge in [0.15, 0.2) is 0 Å². The van der Waals surface area contributed by atoms with E-state index >= 15 is 0 Å². The number of rotatable bonds is 4. The second-order valence-electron chi connectivity index (χ2n) is 6.19. The quantitative estimate of drug-likeness (QED) is 0.809. The Morgan fingerprint density at radius 3 is 2.20 bits per heavy atom. The molecule has 25 heavy (non-hydrogen) atoms. The number of nitrogens with one attached hydrogen (secondary N) is 2. The first kappa shape index (κ1) is 18.5. The van der Waals surface area contributed by atoms with Crippen LogP contribution in [0.1, 0.15) is 25.0 Å². The molecule has 0 radical (unpaired) electrons.